The second-order valence-corrected chi connectivity index (χ2v) is 2.71. The van der Waals surface area contributed by atoms with Crippen LogP contribution in [0.4, 0.5) is 0 Å². The molecule has 1 rings (SSSR count). The Balaban J connectivity index is 3.06. The third kappa shape index (κ3) is 2.28. The topological polar surface area (TPSA) is 18.5 Å². The highest BCUT2D eigenvalue weighted by Crippen LogP contribution is 2.31. The molecule has 0 amide bonds. The van der Waals surface area contributed by atoms with E-state index in [9.17, 15) is 0 Å². The van der Waals surface area contributed by atoms with E-state index in [0.717, 1.165) is 17.1 Å². The fourth-order valence-electron chi connectivity index (χ4n) is 1.23. The van der Waals surface area contributed by atoms with Crippen LogP contribution in [0, 0.1) is 6.58 Å². The third-order valence-electron chi connectivity index (χ3n) is 1.78. The zero-order valence-corrected chi connectivity index (χ0v) is 8.62. The molecule has 0 aliphatic carbocycles. The van der Waals surface area contributed by atoms with Crippen LogP contribution in [0.15, 0.2) is 18.2 Å². The molecule has 1 radical (unpaired) electrons. The van der Waals surface area contributed by atoms with Gasteiger partial charge >= 0.3 is 0 Å². The molecule has 14 heavy (non-hydrogen) atoms. The lowest BCUT2D eigenvalue weighted by Crippen LogP contribution is -1.99. The molecule has 0 N–H and O–H groups in total. The van der Waals surface area contributed by atoms with Gasteiger partial charge in [-0.2, -0.15) is 0 Å². The highest BCUT2D eigenvalue weighted by molar-refractivity contribution is 5.60. The van der Waals surface area contributed by atoms with E-state index in [-0.39, 0.29) is 0 Å². The van der Waals surface area contributed by atoms with E-state index in [1.165, 1.54) is 6.08 Å². The molecule has 0 atom stereocenters. The number of rotatable bonds is 5. The van der Waals surface area contributed by atoms with Crippen molar-refractivity contribution in [3.05, 3.63) is 30.3 Å². The lowest BCUT2D eigenvalue weighted by molar-refractivity contribution is 0.287. The zero-order valence-electron chi connectivity index (χ0n) is 8.62. The fraction of sp³-hybridized carbons (Fsp3) is 0.333. The summed E-state index contributed by atoms with van der Waals surface area (Å²) in [5, 5.41) is 0. The molecule has 0 spiro atoms. The molecule has 0 bridgehead atoms. The molecule has 75 valence electrons. The number of benzene rings is 1. The molecule has 0 fully saturated rings. The predicted octanol–water partition coefficient (Wildman–Crippen LogP) is 2.93. The number of ether oxygens (including phenoxy) is 2. The van der Waals surface area contributed by atoms with Gasteiger partial charge in [-0.25, -0.2) is 0 Å². The first-order chi connectivity index (χ1) is 6.83. The Kier molecular flexibility index (Phi) is 4.05. The summed E-state index contributed by atoms with van der Waals surface area (Å²) in [4.78, 5) is 0. The second-order valence-electron chi connectivity index (χ2n) is 2.71. The first-order valence-electron chi connectivity index (χ1n) is 4.77. The average molecular weight is 191 g/mol. The summed E-state index contributed by atoms with van der Waals surface area (Å²) >= 11 is 0. The largest absolute Gasteiger partial charge is 0.490 e. The van der Waals surface area contributed by atoms with Crippen molar-refractivity contribution < 1.29 is 9.47 Å². The minimum absolute atomic E-state index is 0.602. The molecule has 0 aromatic heterocycles. The summed E-state index contributed by atoms with van der Waals surface area (Å²) in [5.74, 6) is 1.47. The van der Waals surface area contributed by atoms with Gasteiger partial charge in [0.1, 0.15) is 0 Å². The van der Waals surface area contributed by atoms with Crippen molar-refractivity contribution in [3.8, 4) is 11.5 Å². The third-order valence-corrected chi connectivity index (χ3v) is 1.78. The van der Waals surface area contributed by atoms with Crippen LogP contribution in [-0.2, 0) is 0 Å². The predicted molar refractivity (Wildman–Crippen MR) is 57.5 cm³/mol. The summed E-state index contributed by atoms with van der Waals surface area (Å²) in [6, 6.07) is 5.67. The van der Waals surface area contributed by atoms with E-state index < -0.39 is 0 Å². The van der Waals surface area contributed by atoms with Crippen LogP contribution in [0.5, 0.6) is 11.5 Å². The first kappa shape index (κ1) is 10.6. The van der Waals surface area contributed by atoms with Crippen molar-refractivity contribution in [1.29, 1.82) is 0 Å². The maximum Gasteiger partial charge on any atom is 0.168 e. The van der Waals surface area contributed by atoms with E-state index in [1.807, 2.05) is 32.0 Å². The Bertz CT molecular complexity index is 305. The highest BCUT2D eigenvalue weighted by Gasteiger charge is 2.07. The molecule has 1 aromatic rings. The van der Waals surface area contributed by atoms with Gasteiger partial charge in [0.2, 0.25) is 0 Å². The quantitative estimate of drug-likeness (QED) is 0.712. The normalized spacial score (nSPS) is 9.57. The van der Waals surface area contributed by atoms with Crippen molar-refractivity contribution in [1.82, 2.24) is 0 Å². The molecule has 0 unspecified atom stereocenters. The van der Waals surface area contributed by atoms with Crippen LogP contribution in [0.3, 0.4) is 0 Å². The number of para-hydroxylation sites is 1. The van der Waals surface area contributed by atoms with E-state index in [4.69, 9.17) is 16.1 Å². The smallest absolute Gasteiger partial charge is 0.168 e. The average Bonchev–Trinajstić information content (AvgIpc) is 2.21. The molecular formula is C12H15O2. The lowest BCUT2D eigenvalue weighted by Gasteiger charge is -2.12. The van der Waals surface area contributed by atoms with Crippen LogP contribution >= 0.6 is 0 Å². The Morgan fingerprint density at radius 3 is 2.50 bits per heavy atom. The molecule has 0 aliphatic heterocycles. The van der Waals surface area contributed by atoms with Gasteiger partial charge in [-0.1, -0.05) is 24.8 Å². The van der Waals surface area contributed by atoms with Crippen molar-refractivity contribution in [2.45, 2.75) is 13.8 Å². The van der Waals surface area contributed by atoms with Gasteiger partial charge in [-0.15, -0.1) is 0 Å². The standard InChI is InChI=1S/C12H15O2/c1-4-10-8-7-9-11(13-5-2)12(10)14-6-3/h1,4,7-9H,5-6H2,2-3H3. The Morgan fingerprint density at radius 2 is 1.93 bits per heavy atom. The number of hydrogen-bond donors (Lipinski definition) is 0. The SMILES string of the molecule is [CH]=Cc1cccc(OCC)c1OCC. The Morgan fingerprint density at radius 1 is 1.21 bits per heavy atom. The van der Waals surface area contributed by atoms with Crippen LogP contribution in [0.1, 0.15) is 19.4 Å². The molecule has 2 heteroatoms. The molecular weight excluding hydrogens is 176 g/mol. The zero-order chi connectivity index (χ0) is 10.4. The van der Waals surface area contributed by atoms with Crippen molar-refractivity contribution >= 4 is 6.08 Å². The van der Waals surface area contributed by atoms with E-state index in [0.29, 0.717) is 13.2 Å². The van der Waals surface area contributed by atoms with E-state index in [1.54, 1.807) is 0 Å². The van der Waals surface area contributed by atoms with E-state index in [2.05, 4.69) is 0 Å². The minimum Gasteiger partial charge on any atom is -0.490 e. The van der Waals surface area contributed by atoms with Gasteiger partial charge in [-0.05, 0) is 19.9 Å². The first-order valence-corrected chi connectivity index (χ1v) is 4.77. The molecule has 1 aromatic carbocycles. The lowest BCUT2D eigenvalue weighted by atomic mass is 10.2. The van der Waals surface area contributed by atoms with Gasteiger partial charge in [0.25, 0.3) is 0 Å². The highest BCUT2D eigenvalue weighted by atomic mass is 16.5. The summed E-state index contributed by atoms with van der Waals surface area (Å²) in [6.45, 7) is 10.6. The van der Waals surface area contributed by atoms with Crippen molar-refractivity contribution in [3.63, 3.8) is 0 Å². The summed E-state index contributed by atoms with van der Waals surface area (Å²) < 4.78 is 10.9. The number of hydrogen-bond acceptors (Lipinski definition) is 2. The summed E-state index contributed by atoms with van der Waals surface area (Å²) in [5.41, 5.74) is 0.859. The van der Waals surface area contributed by atoms with Crippen molar-refractivity contribution in [2.75, 3.05) is 13.2 Å². The molecule has 0 saturated carbocycles. The van der Waals surface area contributed by atoms with Crippen LogP contribution in [0.2, 0.25) is 0 Å². The van der Waals surface area contributed by atoms with Crippen LogP contribution in [-0.4, -0.2) is 13.2 Å². The summed E-state index contributed by atoms with van der Waals surface area (Å²) in [7, 11) is 0. The molecule has 0 aliphatic rings. The maximum atomic E-state index is 5.49. The van der Waals surface area contributed by atoms with Gasteiger partial charge in [0.15, 0.2) is 11.5 Å². The van der Waals surface area contributed by atoms with E-state index >= 15 is 0 Å². The van der Waals surface area contributed by atoms with Crippen LogP contribution < -0.4 is 9.47 Å². The fourth-order valence-corrected chi connectivity index (χ4v) is 1.23. The monoisotopic (exact) mass is 191 g/mol. The molecule has 0 heterocycles. The van der Waals surface area contributed by atoms with Crippen molar-refractivity contribution in [2.24, 2.45) is 0 Å². The molecule has 2 nitrogen and oxygen atoms in total. The maximum absolute atomic E-state index is 5.49. The summed E-state index contributed by atoms with van der Waals surface area (Å²) in [6.07, 6.45) is 1.52. The van der Waals surface area contributed by atoms with Gasteiger partial charge in [0, 0.05) is 5.56 Å². The Labute approximate surface area is 85.2 Å². The second kappa shape index (κ2) is 5.32. The van der Waals surface area contributed by atoms with Gasteiger partial charge < -0.3 is 9.47 Å². The van der Waals surface area contributed by atoms with Crippen LogP contribution in [0.25, 0.3) is 6.08 Å². The van der Waals surface area contributed by atoms with Gasteiger partial charge in [-0.3, -0.25) is 0 Å². The Hall–Kier alpha value is -1.44. The van der Waals surface area contributed by atoms with Gasteiger partial charge in [0.05, 0.1) is 13.2 Å². The molecule has 0 saturated heterocycles. The minimum atomic E-state index is 0.602.